The van der Waals surface area contributed by atoms with Crippen molar-refractivity contribution in [2.75, 3.05) is 16.8 Å². The molecule has 2 aromatic carbocycles. The van der Waals surface area contributed by atoms with E-state index in [1.165, 1.54) is 0 Å². The van der Waals surface area contributed by atoms with E-state index in [4.69, 9.17) is 0 Å². The highest BCUT2D eigenvalue weighted by molar-refractivity contribution is 6.04. The van der Waals surface area contributed by atoms with Crippen LogP contribution in [0.2, 0.25) is 0 Å². The Kier molecular flexibility index (Phi) is 4.84. The Balaban J connectivity index is 1.49. The van der Waals surface area contributed by atoms with Gasteiger partial charge in [-0.3, -0.25) is 9.59 Å². The molecule has 1 N–H and O–H groups in total. The minimum absolute atomic E-state index is 0.0299. The lowest BCUT2D eigenvalue weighted by atomic mass is 10.1. The van der Waals surface area contributed by atoms with Gasteiger partial charge >= 0.3 is 0 Å². The maximum atomic E-state index is 12.8. The van der Waals surface area contributed by atoms with Gasteiger partial charge in [0, 0.05) is 37.0 Å². The highest BCUT2D eigenvalue weighted by Crippen LogP contribution is 2.30. The zero-order valence-corrected chi connectivity index (χ0v) is 16.6. The molecule has 29 heavy (non-hydrogen) atoms. The van der Waals surface area contributed by atoms with Gasteiger partial charge in [0.25, 0.3) is 0 Å². The van der Waals surface area contributed by atoms with E-state index in [-0.39, 0.29) is 18.2 Å². The van der Waals surface area contributed by atoms with Gasteiger partial charge < -0.3 is 10.2 Å². The van der Waals surface area contributed by atoms with Gasteiger partial charge in [0.05, 0.1) is 5.92 Å². The molecule has 2 heterocycles. The van der Waals surface area contributed by atoms with Crippen LogP contribution in [0.25, 0.3) is 11.4 Å². The predicted octanol–water partition coefficient (Wildman–Crippen LogP) is 2.49. The maximum absolute atomic E-state index is 12.8. The normalized spacial score (nSPS) is 16.3. The van der Waals surface area contributed by atoms with Gasteiger partial charge in [-0.05, 0) is 53.6 Å². The Bertz CT molecular complexity index is 1090. The molecular formula is C21H22N6O2. The summed E-state index contributed by atoms with van der Waals surface area (Å²) in [6.45, 7) is 4.39. The molecule has 0 spiro atoms. The van der Waals surface area contributed by atoms with Crippen LogP contribution in [-0.4, -0.2) is 38.6 Å². The van der Waals surface area contributed by atoms with Crippen LogP contribution >= 0.6 is 0 Å². The summed E-state index contributed by atoms with van der Waals surface area (Å²) in [4.78, 5) is 27.1. The average Bonchev–Trinajstić information content (AvgIpc) is 3.30. The van der Waals surface area contributed by atoms with Crippen LogP contribution in [0.4, 0.5) is 11.4 Å². The number of carbonyl (C=O) groups is 2. The molecule has 1 unspecified atom stereocenters. The minimum Gasteiger partial charge on any atom is -0.326 e. The Morgan fingerprint density at radius 3 is 2.72 bits per heavy atom. The number of amides is 2. The number of carbonyl (C=O) groups excluding carboxylic acids is 2. The van der Waals surface area contributed by atoms with Gasteiger partial charge in [-0.2, -0.15) is 0 Å². The average molecular weight is 390 g/mol. The third-order valence-electron chi connectivity index (χ3n) is 5.37. The van der Waals surface area contributed by atoms with Crippen molar-refractivity contribution in [1.82, 2.24) is 20.2 Å². The van der Waals surface area contributed by atoms with Crippen molar-refractivity contribution in [2.24, 2.45) is 13.0 Å². The number of anilines is 2. The lowest BCUT2D eigenvalue weighted by molar-refractivity contribution is -0.122. The molecule has 8 heteroatoms. The van der Waals surface area contributed by atoms with Crippen LogP contribution in [0.1, 0.15) is 17.5 Å². The Morgan fingerprint density at radius 2 is 1.97 bits per heavy atom. The third kappa shape index (κ3) is 3.61. The Morgan fingerprint density at radius 1 is 1.17 bits per heavy atom. The second-order valence-electron chi connectivity index (χ2n) is 7.32. The number of hydrogen-bond donors (Lipinski definition) is 1. The van der Waals surface area contributed by atoms with Crippen LogP contribution in [0.3, 0.4) is 0 Å². The number of aromatic nitrogens is 4. The number of nitrogens with zero attached hydrogens (tertiary/aromatic N) is 5. The first kappa shape index (κ1) is 18.8. The van der Waals surface area contributed by atoms with Gasteiger partial charge in [-0.15, -0.1) is 5.10 Å². The van der Waals surface area contributed by atoms with Gasteiger partial charge in [-0.25, -0.2) is 4.68 Å². The fourth-order valence-electron chi connectivity index (χ4n) is 3.60. The number of nitrogens with one attached hydrogen (secondary N) is 1. The summed E-state index contributed by atoms with van der Waals surface area (Å²) < 4.78 is 1.57. The lowest BCUT2D eigenvalue weighted by Crippen LogP contribution is -2.28. The van der Waals surface area contributed by atoms with Crippen LogP contribution < -0.4 is 10.2 Å². The minimum atomic E-state index is -0.400. The fraction of sp³-hybridized carbons (Fsp3) is 0.286. The van der Waals surface area contributed by atoms with Gasteiger partial charge in [0.2, 0.25) is 11.8 Å². The fourth-order valence-corrected chi connectivity index (χ4v) is 3.60. The maximum Gasteiger partial charge on any atom is 0.229 e. The van der Waals surface area contributed by atoms with E-state index in [0.717, 1.165) is 22.4 Å². The zero-order valence-electron chi connectivity index (χ0n) is 16.6. The summed E-state index contributed by atoms with van der Waals surface area (Å²) in [5.74, 6) is 0.0120. The Hall–Kier alpha value is -3.55. The molecule has 1 fully saturated rings. The van der Waals surface area contributed by atoms with Crippen molar-refractivity contribution in [3.63, 3.8) is 0 Å². The molecule has 1 atom stereocenters. The van der Waals surface area contributed by atoms with Gasteiger partial charge in [-0.1, -0.05) is 24.3 Å². The molecular weight excluding hydrogens is 368 g/mol. The monoisotopic (exact) mass is 390 g/mol. The molecule has 1 aliphatic heterocycles. The third-order valence-corrected chi connectivity index (χ3v) is 5.37. The topological polar surface area (TPSA) is 93.0 Å². The van der Waals surface area contributed by atoms with Crippen molar-refractivity contribution in [2.45, 2.75) is 20.3 Å². The molecule has 1 aliphatic rings. The van der Waals surface area contributed by atoms with E-state index in [2.05, 4.69) is 20.8 Å². The summed E-state index contributed by atoms with van der Waals surface area (Å²) in [6, 6.07) is 13.2. The number of hydrogen-bond acceptors (Lipinski definition) is 5. The smallest absolute Gasteiger partial charge is 0.229 e. The largest absolute Gasteiger partial charge is 0.326 e. The first-order valence-corrected chi connectivity index (χ1v) is 9.44. The molecule has 0 saturated carbocycles. The molecule has 8 nitrogen and oxygen atoms in total. The molecule has 1 saturated heterocycles. The number of aryl methyl sites for hydroxylation is 2. The highest BCUT2D eigenvalue weighted by Gasteiger charge is 2.35. The summed E-state index contributed by atoms with van der Waals surface area (Å²) in [7, 11) is 1.76. The standard InChI is InChI=1S/C21H22N6O2/c1-13-6-4-9-18(14(13)2)27-12-16(11-19(27)28)21(29)22-17-8-5-7-15(10-17)20-23-24-25-26(20)3/h4-10,16H,11-12H2,1-3H3,(H,22,29). The van der Waals surface area contributed by atoms with Crippen LogP contribution in [0.15, 0.2) is 42.5 Å². The lowest BCUT2D eigenvalue weighted by Gasteiger charge is -2.20. The first-order chi connectivity index (χ1) is 13.9. The van der Waals surface area contributed by atoms with E-state index in [0.29, 0.717) is 18.1 Å². The summed E-state index contributed by atoms with van der Waals surface area (Å²) in [5, 5.41) is 14.4. The molecule has 2 amide bonds. The van der Waals surface area contributed by atoms with Crippen molar-refractivity contribution >= 4 is 23.2 Å². The van der Waals surface area contributed by atoms with Crippen LogP contribution in [0, 0.1) is 19.8 Å². The van der Waals surface area contributed by atoms with Gasteiger partial charge in [0.15, 0.2) is 5.82 Å². The number of benzene rings is 2. The molecule has 3 aromatic rings. The molecule has 0 radical (unpaired) electrons. The van der Waals surface area contributed by atoms with Crippen molar-refractivity contribution in [1.29, 1.82) is 0 Å². The van der Waals surface area contributed by atoms with Crippen molar-refractivity contribution in [3.05, 3.63) is 53.6 Å². The van der Waals surface area contributed by atoms with Crippen molar-refractivity contribution < 1.29 is 9.59 Å². The molecule has 1 aromatic heterocycles. The summed E-state index contributed by atoms with van der Waals surface area (Å²) >= 11 is 0. The van der Waals surface area contributed by atoms with E-state index < -0.39 is 5.92 Å². The van der Waals surface area contributed by atoms with Crippen LogP contribution in [0.5, 0.6) is 0 Å². The number of tetrazole rings is 1. The molecule has 4 rings (SSSR count). The van der Waals surface area contributed by atoms with E-state index in [9.17, 15) is 9.59 Å². The van der Waals surface area contributed by atoms with E-state index in [1.807, 2.05) is 56.3 Å². The van der Waals surface area contributed by atoms with Crippen LogP contribution in [-0.2, 0) is 16.6 Å². The van der Waals surface area contributed by atoms with Gasteiger partial charge in [0.1, 0.15) is 0 Å². The summed E-state index contributed by atoms with van der Waals surface area (Å²) in [5.41, 5.74) is 4.51. The summed E-state index contributed by atoms with van der Waals surface area (Å²) in [6.07, 6.45) is 0.201. The first-order valence-electron chi connectivity index (χ1n) is 9.44. The predicted molar refractivity (Wildman–Crippen MR) is 109 cm³/mol. The highest BCUT2D eigenvalue weighted by atomic mass is 16.2. The molecule has 0 aliphatic carbocycles. The number of rotatable bonds is 4. The van der Waals surface area contributed by atoms with Crippen molar-refractivity contribution in [3.8, 4) is 11.4 Å². The zero-order chi connectivity index (χ0) is 20.5. The molecule has 148 valence electrons. The van der Waals surface area contributed by atoms with E-state index >= 15 is 0 Å². The second kappa shape index (κ2) is 7.46. The molecule has 0 bridgehead atoms. The second-order valence-corrected chi connectivity index (χ2v) is 7.32. The quantitative estimate of drug-likeness (QED) is 0.739. The van der Waals surface area contributed by atoms with E-state index in [1.54, 1.807) is 16.6 Å². The SMILES string of the molecule is Cc1cccc(N2CC(C(=O)Nc3cccc(-c4nnnn4C)c3)CC2=O)c1C. The Labute approximate surface area is 168 Å².